The maximum absolute atomic E-state index is 12.7. The first-order valence-electron chi connectivity index (χ1n) is 9.07. The largest absolute Gasteiger partial charge is 0.333 e. The molecule has 2 aromatic rings. The van der Waals surface area contributed by atoms with E-state index < -0.39 is 0 Å². The van der Waals surface area contributed by atoms with Gasteiger partial charge in [0.15, 0.2) is 0 Å². The van der Waals surface area contributed by atoms with Crippen molar-refractivity contribution in [2.75, 3.05) is 25.0 Å². The van der Waals surface area contributed by atoms with Gasteiger partial charge in [-0.15, -0.1) is 23.7 Å². The minimum Gasteiger partial charge on any atom is -0.333 e. The van der Waals surface area contributed by atoms with Crippen molar-refractivity contribution < 1.29 is 9.59 Å². The van der Waals surface area contributed by atoms with Crippen molar-refractivity contribution in [1.29, 1.82) is 0 Å². The van der Waals surface area contributed by atoms with Gasteiger partial charge in [0.2, 0.25) is 5.91 Å². The number of nitrogens with zero attached hydrogens (tertiary/aromatic N) is 1. The SMILES string of the molecule is CC1CNCCN1C(=O)c1cccc(NC(=O)CCCc2cccs2)c1.Cl. The molecule has 146 valence electrons. The van der Waals surface area contributed by atoms with Crippen LogP contribution < -0.4 is 10.6 Å². The average Bonchev–Trinajstić information content (AvgIpc) is 3.15. The Kier molecular flexibility index (Phi) is 8.28. The summed E-state index contributed by atoms with van der Waals surface area (Å²) in [5, 5.41) is 8.25. The third-order valence-corrected chi connectivity index (χ3v) is 5.50. The van der Waals surface area contributed by atoms with E-state index in [1.165, 1.54) is 4.88 Å². The number of rotatable bonds is 6. The molecular weight excluding hydrogens is 382 g/mol. The van der Waals surface area contributed by atoms with E-state index in [0.29, 0.717) is 24.2 Å². The van der Waals surface area contributed by atoms with E-state index >= 15 is 0 Å². The van der Waals surface area contributed by atoms with E-state index in [2.05, 4.69) is 22.1 Å². The number of halogens is 1. The van der Waals surface area contributed by atoms with Crippen molar-refractivity contribution in [1.82, 2.24) is 10.2 Å². The number of hydrogen-bond acceptors (Lipinski definition) is 4. The summed E-state index contributed by atoms with van der Waals surface area (Å²) in [5.41, 5.74) is 1.30. The smallest absolute Gasteiger partial charge is 0.254 e. The second-order valence-electron chi connectivity index (χ2n) is 6.61. The van der Waals surface area contributed by atoms with Crippen LogP contribution in [0.4, 0.5) is 5.69 Å². The van der Waals surface area contributed by atoms with Crippen LogP contribution in [0.25, 0.3) is 0 Å². The molecule has 1 atom stereocenters. The Balaban J connectivity index is 0.00000261. The second kappa shape index (κ2) is 10.4. The van der Waals surface area contributed by atoms with Crippen molar-refractivity contribution >= 4 is 41.2 Å². The maximum atomic E-state index is 12.7. The quantitative estimate of drug-likeness (QED) is 0.769. The monoisotopic (exact) mass is 407 g/mol. The molecule has 1 aliphatic rings. The molecule has 0 radical (unpaired) electrons. The Morgan fingerprint density at radius 1 is 1.30 bits per heavy atom. The molecule has 1 aromatic heterocycles. The molecule has 5 nitrogen and oxygen atoms in total. The van der Waals surface area contributed by atoms with E-state index in [4.69, 9.17) is 0 Å². The molecule has 7 heteroatoms. The number of thiophene rings is 1. The number of piperazine rings is 1. The number of nitrogens with one attached hydrogen (secondary N) is 2. The van der Waals surface area contributed by atoms with Crippen LogP contribution in [0.1, 0.15) is 35.0 Å². The first kappa shape index (κ1) is 21.4. The van der Waals surface area contributed by atoms with Gasteiger partial charge in [-0.3, -0.25) is 9.59 Å². The number of benzene rings is 1. The van der Waals surface area contributed by atoms with Crippen molar-refractivity contribution in [3.63, 3.8) is 0 Å². The van der Waals surface area contributed by atoms with Crippen LogP contribution in [0.5, 0.6) is 0 Å². The third-order valence-electron chi connectivity index (χ3n) is 4.56. The normalized spacial score (nSPS) is 16.5. The zero-order chi connectivity index (χ0) is 18.4. The Hall–Kier alpha value is -1.89. The summed E-state index contributed by atoms with van der Waals surface area (Å²) in [4.78, 5) is 28.1. The van der Waals surface area contributed by atoms with E-state index in [0.717, 1.165) is 25.9 Å². The molecule has 2 N–H and O–H groups in total. The molecule has 1 fully saturated rings. The van der Waals surface area contributed by atoms with Gasteiger partial charge in [0.1, 0.15) is 0 Å². The fourth-order valence-corrected chi connectivity index (χ4v) is 3.89. The van der Waals surface area contributed by atoms with Crippen LogP contribution in [0, 0.1) is 0 Å². The van der Waals surface area contributed by atoms with Crippen LogP contribution in [-0.2, 0) is 11.2 Å². The zero-order valence-corrected chi connectivity index (χ0v) is 17.1. The standard InChI is InChI=1S/C20H25N3O2S.ClH/c1-15-14-21-10-11-23(15)20(25)16-5-2-6-17(13-16)22-19(24)9-3-7-18-8-4-12-26-18;/h2,4-6,8,12-13,15,21H,3,7,9-11,14H2,1H3,(H,22,24);1H. The third kappa shape index (κ3) is 6.06. The first-order chi connectivity index (χ1) is 12.6. The Bertz CT molecular complexity index is 751. The molecule has 3 rings (SSSR count). The number of aryl methyl sites for hydroxylation is 1. The Labute approximate surface area is 170 Å². The van der Waals surface area contributed by atoms with Gasteiger partial charge in [0.25, 0.3) is 5.91 Å². The molecule has 1 aromatic carbocycles. The Morgan fingerprint density at radius 3 is 2.89 bits per heavy atom. The lowest BCUT2D eigenvalue weighted by molar-refractivity contribution is -0.116. The van der Waals surface area contributed by atoms with Gasteiger partial charge in [-0.1, -0.05) is 12.1 Å². The highest BCUT2D eigenvalue weighted by molar-refractivity contribution is 7.09. The van der Waals surface area contributed by atoms with Gasteiger partial charge in [-0.05, 0) is 49.4 Å². The molecule has 27 heavy (non-hydrogen) atoms. The van der Waals surface area contributed by atoms with Gasteiger partial charge in [0.05, 0.1) is 0 Å². The summed E-state index contributed by atoms with van der Waals surface area (Å²) in [6.45, 7) is 4.38. The summed E-state index contributed by atoms with van der Waals surface area (Å²) in [7, 11) is 0. The molecule has 0 aliphatic carbocycles. The number of anilines is 1. The highest BCUT2D eigenvalue weighted by Gasteiger charge is 2.24. The summed E-state index contributed by atoms with van der Waals surface area (Å²) < 4.78 is 0. The van der Waals surface area contributed by atoms with Gasteiger partial charge >= 0.3 is 0 Å². The minimum atomic E-state index is -0.0123. The van der Waals surface area contributed by atoms with Gasteiger partial charge in [-0.2, -0.15) is 0 Å². The maximum Gasteiger partial charge on any atom is 0.254 e. The molecule has 2 heterocycles. The second-order valence-corrected chi connectivity index (χ2v) is 7.65. The van der Waals surface area contributed by atoms with E-state index in [-0.39, 0.29) is 30.3 Å². The van der Waals surface area contributed by atoms with Crippen molar-refractivity contribution in [2.24, 2.45) is 0 Å². The lowest BCUT2D eigenvalue weighted by Crippen LogP contribution is -2.52. The summed E-state index contributed by atoms with van der Waals surface area (Å²) in [5.74, 6) is 0.00879. The van der Waals surface area contributed by atoms with Crippen LogP contribution in [0.2, 0.25) is 0 Å². The zero-order valence-electron chi connectivity index (χ0n) is 15.4. The lowest BCUT2D eigenvalue weighted by atomic mass is 10.1. The highest BCUT2D eigenvalue weighted by Crippen LogP contribution is 2.16. The van der Waals surface area contributed by atoms with Crippen molar-refractivity contribution in [2.45, 2.75) is 32.2 Å². The Morgan fingerprint density at radius 2 is 2.15 bits per heavy atom. The van der Waals surface area contributed by atoms with Gasteiger partial charge in [0, 0.05) is 48.2 Å². The van der Waals surface area contributed by atoms with Crippen LogP contribution >= 0.6 is 23.7 Å². The molecule has 0 saturated carbocycles. The first-order valence-corrected chi connectivity index (χ1v) is 9.95. The van der Waals surface area contributed by atoms with Gasteiger partial charge in [-0.25, -0.2) is 0 Å². The molecule has 0 bridgehead atoms. The lowest BCUT2D eigenvalue weighted by Gasteiger charge is -2.34. The number of carbonyl (C=O) groups is 2. The molecule has 0 spiro atoms. The number of hydrogen-bond donors (Lipinski definition) is 2. The van der Waals surface area contributed by atoms with Crippen molar-refractivity contribution in [3.05, 3.63) is 52.2 Å². The predicted octanol–water partition coefficient (Wildman–Crippen LogP) is 3.57. The van der Waals surface area contributed by atoms with Gasteiger partial charge < -0.3 is 15.5 Å². The topological polar surface area (TPSA) is 61.4 Å². The highest BCUT2D eigenvalue weighted by atomic mass is 35.5. The van der Waals surface area contributed by atoms with Crippen LogP contribution in [-0.4, -0.2) is 42.4 Å². The summed E-state index contributed by atoms with van der Waals surface area (Å²) >= 11 is 1.72. The number of carbonyl (C=O) groups excluding carboxylic acids is 2. The molecule has 1 aliphatic heterocycles. The molecular formula is C20H26ClN3O2S. The summed E-state index contributed by atoms with van der Waals surface area (Å²) in [6.07, 6.45) is 2.22. The summed E-state index contributed by atoms with van der Waals surface area (Å²) in [6, 6.07) is 11.5. The predicted molar refractivity (Wildman–Crippen MR) is 113 cm³/mol. The minimum absolute atomic E-state index is 0. The van der Waals surface area contributed by atoms with Crippen LogP contribution in [0.15, 0.2) is 41.8 Å². The molecule has 1 unspecified atom stereocenters. The fourth-order valence-electron chi connectivity index (χ4n) is 3.14. The van der Waals surface area contributed by atoms with Crippen LogP contribution in [0.3, 0.4) is 0 Å². The molecule has 1 saturated heterocycles. The van der Waals surface area contributed by atoms with E-state index in [9.17, 15) is 9.59 Å². The van der Waals surface area contributed by atoms with Crippen molar-refractivity contribution in [3.8, 4) is 0 Å². The van der Waals surface area contributed by atoms with E-state index in [1.54, 1.807) is 17.4 Å². The number of amides is 2. The fraction of sp³-hybridized carbons (Fsp3) is 0.400. The van der Waals surface area contributed by atoms with E-state index in [1.807, 2.05) is 36.1 Å². The molecule has 2 amide bonds. The average molecular weight is 408 g/mol.